The number of benzene rings is 3. The van der Waals surface area contributed by atoms with Gasteiger partial charge in [-0.05, 0) is 84.6 Å². The van der Waals surface area contributed by atoms with Crippen LogP contribution >= 0.6 is 46.6 Å². The minimum absolute atomic E-state index is 0.0680. The molecule has 0 aromatic heterocycles. The van der Waals surface area contributed by atoms with Crippen molar-refractivity contribution in [1.29, 1.82) is 0 Å². The molecule has 0 unspecified atom stereocenters. The van der Waals surface area contributed by atoms with Crippen LogP contribution < -0.4 is 9.47 Å². The first-order valence-corrected chi connectivity index (χ1v) is 12.2. The molecule has 0 N–H and O–H groups in total. The van der Waals surface area contributed by atoms with Crippen molar-refractivity contribution in [2.24, 2.45) is 0 Å². The molecule has 3 aromatic rings. The quantitative estimate of drug-likeness (QED) is 0.180. The van der Waals surface area contributed by atoms with Gasteiger partial charge in [0, 0.05) is 20.6 Å². The van der Waals surface area contributed by atoms with Gasteiger partial charge in [-0.2, -0.15) is 0 Å². The van der Waals surface area contributed by atoms with Crippen molar-refractivity contribution in [2.75, 3.05) is 13.2 Å². The van der Waals surface area contributed by atoms with Crippen molar-refractivity contribution < 1.29 is 23.9 Å². The van der Waals surface area contributed by atoms with Crippen LogP contribution in [0, 0.1) is 0 Å². The van der Waals surface area contributed by atoms with Crippen LogP contribution in [0.5, 0.6) is 11.5 Å². The summed E-state index contributed by atoms with van der Waals surface area (Å²) in [5, 5.41) is 1.01. The molecular formula is C25H16Cl3NO5S. The molecule has 0 atom stereocenters. The third-order valence-electron chi connectivity index (χ3n) is 4.81. The standard InChI is InChI=1S/C25H16Cl3NO5S/c26-17-3-1-15(2-4-17)24(31)34-21-10-7-19(28)13-16(21)14-22-23(30)29(25(32)35-22)11-12-33-20-8-5-18(27)6-9-20/h1-10,13-14H,11-12H2/b22-14-. The number of imide groups is 1. The number of hydrogen-bond acceptors (Lipinski definition) is 6. The number of thioether (sulfide) groups is 1. The lowest BCUT2D eigenvalue weighted by Crippen LogP contribution is -2.32. The van der Waals surface area contributed by atoms with E-state index in [0.717, 1.165) is 16.7 Å². The van der Waals surface area contributed by atoms with E-state index in [1.807, 2.05) is 0 Å². The monoisotopic (exact) mass is 547 g/mol. The lowest BCUT2D eigenvalue weighted by molar-refractivity contribution is -0.123. The van der Waals surface area contributed by atoms with Crippen molar-refractivity contribution in [3.63, 3.8) is 0 Å². The maximum Gasteiger partial charge on any atom is 0.343 e. The van der Waals surface area contributed by atoms with Crippen molar-refractivity contribution in [3.05, 3.63) is 97.8 Å². The fourth-order valence-corrected chi connectivity index (χ4v) is 4.38. The van der Waals surface area contributed by atoms with E-state index < -0.39 is 17.1 Å². The van der Waals surface area contributed by atoms with Gasteiger partial charge in [-0.3, -0.25) is 14.5 Å². The van der Waals surface area contributed by atoms with Crippen LogP contribution in [0.3, 0.4) is 0 Å². The van der Waals surface area contributed by atoms with E-state index in [1.165, 1.54) is 24.3 Å². The topological polar surface area (TPSA) is 72.9 Å². The molecule has 2 amide bonds. The Balaban J connectivity index is 1.47. The number of hydrogen-bond donors (Lipinski definition) is 0. The first-order chi connectivity index (χ1) is 16.8. The fraction of sp³-hybridized carbons (Fsp3) is 0.0800. The Morgan fingerprint density at radius 3 is 2.20 bits per heavy atom. The minimum Gasteiger partial charge on any atom is -0.492 e. The molecule has 6 nitrogen and oxygen atoms in total. The largest absolute Gasteiger partial charge is 0.492 e. The second-order valence-corrected chi connectivity index (χ2v) is 9.52. The summed E-state index contributed by atoms with van der Waals surface area (Å²) in [4.78, 5) is 39.1. The van der Waals surface area contributed by atoms with Gasteiger partial charge in [0.25, 0.3) is 11.1 Å². The number of carbonyl (C=O) groups excluding carboxylic acids is 3. The Bertz CT molecular complexity index is 1310. The van der Waals surface area contributed by atoms with Gasteiger partial charge in [0.15, 0.2) is 0 Å². The first kappa shape index (κ1) is 25.1. The zero-order chi connectivity index (χ0) is 24.9. The van der Waals surface area contributed by atoms with E-state index >= 15 is 0 Å². The summed E-state index contributed by atoms with van der Waals surface area (Å²) in [7, 11) is 0. The molecule has 1 aliphatic rings. The molecule has 4 rings (SSSR count). The number of nitrogens with zero attached hydrogens (tertiary/aromatic N) is 1. The van der Waals surface area contributed by atoms with Gasteiger partial charge in [-0.15, -0.1) is 0 Å². The Kier molecular flexibility index (Phi) is 8.03. The zero-order valence-corrected chi connectivity index (χ0v) is 21.0. The molecule has 3 aromatic carbocycles. The van der Waals surface area contributed by atoms with Crippen LogP contribution in [-0.2, 0) is 4.79 Å². The third kappa shape index (κ3) is 6.38. The summed E-state index contributed by atoms with van der Waals surface area (Å²) in [5.41, 5.74) is 0.680. The van der Waals surface area contributed by atoms with Crippen LogP contribution in [0.15, 0.2) is 71.6 Å². The highest BCUT2D eigenvalue weighted by molar-refractivity contribution is 8.18. The molecular weight excluding hydrogens is 533 g/mol. The number of carbonyl (C=O) groups is 3. The van der Waals surface area contributed by atoms with E-state index in [4.69, 9.17) is 44.3 Å². The predicted octanol–water partition coefficient (Wildman–Crippen LogP) is 6.98. The highest BCUT2D eigenvalue weighted by Crippen LogP contribution is 2.35. The molecule has 1 heterocycles. The van der Waals surface area contributed by atoms with Gasteiger partial charge >= 0.3 is 5.97 Å². The summed E-state index contributed by atoms with van der Waals surface area (Å²) in [6.07, 6.45) is 1.47. The Morgan fingerprint density at radius 1 is 0.886 bits per heavy atom. The van der Waals surface area contributed by atoms with Crippen LogP contribution in [-0.4, -0.2) is 35.2 Å². The number of ether oxygens (including phenoxy) is 2. The molecule has 0 radical (unpaired) electrons. The molecule has 178 valence electrons. The van der Waals surface area contributed by atoms with Crippen LogP contribution in [0.4, 0.5) is 4.79 Å². The Morgan fingerprint density at radius 2 is 1.51 bits per heavy atom. The molecule has 10 heteroatoms. The van der Waals surface area contributed by atoms with E-state index in [9.17, 15) is 14.4 Å². The van der Waals surface area contributed by atoms with Gasteiger partial charge in [0.1, 0.15) is 18.1 Å². The second-order valence-electron chi connectivity index (χ2n) is 7.21. The lowest BCUT2D eigenvalue weighted by Gasteiger charge is -2.13. The Hall–Kier alpha value is -2.97. The van der Waals surface area contributed by atoms with Crippen molar-refractivity contribution in [1.82, 2.24) is 4.90 Å². The fourth-order valence-electron chi connectivity index (χ4n) is 3.09. The molecule has 1 aliphatic heterocycles. The molecule has 35 heavy (non-hydrogen) atoms. The highest BCUT2D eigenvalue weighted by Gasteiger charge is 2.35. The van der Waals surface area contributed by atoms with Gasteiger partial charge in [-0.1, -0.05) is 34.8 Å². The maximum atomic E-state index is 12.9. The SMILES string of the molecule is O=C(Oc1ccc(Cl)cc1/C=C1\SC(=O)N(CCOc2ccc(Cl)cc2)C1=O)c1ccc(Cl)cc1. The van der Waals surface area contributed by atoms with Crippen LogP contribution in [0.25, 0.3) is 6.08 Å². The number of rotatable bonds is 7. The summed E-state index contributed by atoms with van der Waals surface area (Å²) in [6.45, 7) is 0.187. The molecule has 0 saturated carbocycles. The summed E-state index contributed by atoms with van der Waals surface area (Å²) < 4.78 is 11.1. The summed E-state index contributed by atoms with van der Waals surface area (Å²) >= 11 is 18.6. The zero-order valence-electron chi connectivity index (χ0n) is 17.9. The predicted molar refractivity (Wildman–Crippen MR) is 137 cm³/mol. The average molecular weight is 549 g/mol. The molecule has 0 spiro atoms. The van der Waals surface area contributed by atoms with E-state index in [0.29, 0.717) is 31.9 Å². The first-order valence-electron chi connectivity index (χ1n) is 10.2. The van der Waals surface area contributed by atoms with Crippen LogP contribution in [0.2, 0.25) is 15.1 Å². The van der Waals surface area contributed by atoms with Gasteiger partial charge in [0.2, 0.25) is 0 Å². The van der Waals surface area contributed by atoms with Crippen molar-refractivity contribution in [3.8, 4) is 11.5 Å². The minimum atomic E-state index is -0.605. The van der Waals surface area contributed by atoms with Gasteiger partial charge < -0.3 is 9.47 Å². The summed E-state index contributed by atoms with van der Waals surface area (Å²) in [5.74, 6) is -0.323. The van der Waals surface area contributed by atoms with Gasteiger partial charge in [0.05, 0.1) is 17.0 Å². The average Bonchev–Trinajstić information content (AvgIpc) is 3.09. The maximum absolute atomic E-state index is 12.9. The third-order valence-corrected chi connectivity index (χ3v) is 6.46. The molecule has 0 aliphatic carbocycles. The normalized spacial score (nSPS) is 14.5. The number of esters is 1. The van der Waals surface area contributed by atoms with E-state index in [-0.39, 0.29) is 23.8 Å². The van der Waals surface area contributed by atoms with Gasteiger partial charge in [-0.25, -0.2) is 4.79 Å². The van der Waals surface area contributed by atoms with Crippen molar-refractivity contribution >= 4 is 69.8 Å². The number of amides is 2. The smallest absolute Gasteiger partial charge is 0.343 e. The Labute approximate surface area is 220 Å². The highest BCUT2D eigenvalue weighted by atomic mass is 35.5. The molecule has 1 saturated heterocycles. The molecule has 0 bridgehead atoms. The number of halogens is 3. The molecule has 1 fully saturated rings. The lowest BCUT2D eigenvalue weighted by atomic mass is 10.1. The second kappa shape index (κ2) is 11.2. The summed E-state index contributed by atoms with van der Waals surface area (Å²) in [6, 6.07) is 17.6. The van der Waals surface area contributed by atoms with E-state index in [1.54, 1.807) is 48.5 Å². The van der Waals surface area contributed by atoms with E-state index in [2.05, 4.69) is 0 Å². The van der Waals surface area contributed by atoms with Crippen LogP contribution in [0.1, 0.15) is 15.9 Å². The van der Waals surface area contributed by atoms with Crippen molar-refractivity contribution in [2.45, 2.75) is 0 Å².